The van der Waals surface area contributed by atoms with Gasteiger partial charge in [-0.15, -0.1) is 0 Å². The number of nitro benzene ring substituents is 1. The van der Waals surface area contributed by atoms with Crippen LogP contribution in [0.1, 0.15) is 15.9 Å². The van der Waals surface area contributed by atoms with E-state index >= 15 is 0 Å². The zero-order valence-corrected chi connectivity index (χ0v) is 16.9. The number of halogens is 5. The van der Waals surface area contributed by atoms with Crippen molar-refractivity contribution in [1.82, 2.24) is 10.2 Å². The Bertz CT molecular complexity index is 1080. The van der Waals surface area contributed by atoms with Gasteiger partial charge in [-0.2, -0.15) is 13.2 Å². The van der Waals surface area contributed by atoms with Gasteiger partial charge in [-0.05, 0) is 24.3 Å². The highest BCUT2D eigenvalue weighted by atomic mass is 19.4. The number of nitrogens with zero attached hydrogens (tertiary/aromatic N) is 3. The van der Waals surface area contributed by atoms with Crippen LogP contribution < -0.4 is 10.2 Å². The molecule has 0 spiro atoms. The molecule has 33 heavy (non-hydrogen) atoms. The lowest BCUT2D eigenvalue weighted by Crippen LogP contribution is -2.51. The summed E-state index contributed by atoms with van der Waals surface area (Å²) >= 11 is 0. The first-order valence-electron chi connectivity index (χ1n) is 9.59. The lowest BCUT2D eigenvalue weighted by molar-refractivity contribution is -0.384. The second-order valence-corrected chi connectivity index (χ2v) is 7.13. The van der Waals surface area contributed by atoms with Gasteiger partial charge in [0.2, 0.25) is 5.91 Å². The fourth-order valence-corrected chi connectivity index (χ4v) is 3.35. The molecule has 1 aliphatic heterocycles. The van der Waals surface area contributed by atoms with E-state index in [-0.39, 0.29) is 31.9 Å². The minimum absolute atomic E-state index is 0.000173. The summed E-state index contributed by atoms with van der Waals surface area (Å²) in [6, 6.07) is 4.63. The first-order valence-corrected chi connectivity index (χ1v) is 9.59. The molecule has 1 saturated heterocycles. The molecule has 0 saturated carbocycles. The van der Waals surface area contributed by atoms with E-state index in [1.165, 1.54) is 9.80 Å². The van der Waals surface area contributed by atoms with Gasteiger partial charge in [0.05, 0.1) is 22.6 Å². The Kier molecular flexibility index (Phi) is 6.79. The number of alkyl halides is 3. The standard InChI is InChI=1S/C20H17F5N4O4/c21-13-2-3-14(15(22)10-13)19(31)26-11-18(30)28-7-5-27(6-8-28)16-4-1-12(20(23,24)25)9-17(16)29(32)33/h1-4,9-10H,5-8,11H2,(H,26,31). The average molecular weight is 472 g/mol. The van der Waals surface area contributed by atoms with Gasteiger partial charge in [-0.25, -0.2) is 8.78 Å². The Labute approximate surface area is 183 Å². The topological polar surface area (TPSA) is 95.8 Å². The van der Waals surface area contributed by atoms with Crippen molar-refractivity contribution >= 4 is 23.2 Å². The van der Waals surface area contributed by atoms with Crippen molar-refractivity contribution in [1.29, 1.82) is 0 Å². The Morgan fingerprint density at radius 3 is 2.27 bits per heavy atom. The van der Waals surface area contributed by atoms with E-state index in [0.29, 0.717) is 12.1 Å². The Hall–Kier alpha value is -3.77. The van der Waals surface area contributed by atoms with Crippen LogP contribution in [0, 0.1) is 21.7 Å². The number of benzene rings is 2. The number of hydrogen-bond donors (Lipinski definition) is 1. The minimum Gasteiger partial charge on any atom is -0.362 e. The molecule has 0 bridgehead atoms. The van der Waals surface area contributed by atoms with E-state index in [2.05, 4.69) is 5.32 Å². The first-order chi connectivity index (χ1) is 15.5. The maximum absolute atomic E-state index is 13.7. The Balaban J connectivity index is 1.60. The molecule has 1 fully saturated rings. The molecule has 0 atom stereocenters. The molecular weight excluding hydrogens is 455 g/mol. The quantitative estimate of drug-likeness (QED) is 0.410. The zero-order chi connectivity index (χ0) is 24.3. The van der Waals surface area contributed by atoms with E-state index in [9.17, 15) is 41.7 Å². The van der Waals surface area contributed by atoms with Crippen molar-refractivity contribution in [3.8, 4) is 0 Å². The van der Waals surface area contributed by atoms with E-state index in [1.54, 1.807) is 0 Å². The van der Waals surface area contributed by atoms with E-state index in [0.717, 1.165) is 24.3 Å². The normalized spacial score (nSPS) is 14.2. The summed E-state index contributed by atoms with van der Waals surface area (Å²) in [5.74, 6) is -3.34. The molecule has 176 valence electrons. The fourth-order valence-electron chi connectivity index (χ4n) is 3.35. The average Bonchev–Trinajstić information content (AvgIpc) is 2.76. The van der Waals surface area contributed by atoms with Crippen molar-refractivity contribution in [3.63, 3.8) is 0 Å². The third-order valence-electron chi connectivity index (χ3n) is 5.05. The number of carbonyl (C=O) groups excluding carboxylic acids is 2. The minimum atomic E-state index is -4.73. The van der Waals surface area contributed by atoms with Gasteiger partial charge in [-0.1, -0.05) is 0 Å². The van der Waals surface area contributed by atoms with Crippen LogP contribution in [0.2, 0.25) is 0 Å². The summed E-state index contributed by atoms with van der Waals surface area (Å²) < 4.78 is 65.2. The van der Waals surface area contributed by atoms with Crippen molar-refractivity contribution in [3.05, 3.63) is 69.3 Å². The molecule has 1 N–H and O–H groups in total. The Morgan fingerprint density at radius 1 is 1.03 bits per heavy atom. The Morgan fingerprint density at radius 2 is 1.70 bits per heavy atom. The summed E-state index contributed by atoms with van der Waals surface area (Å²) in [6.45, 7) is -0.0530. The maximum atomic E-state index is 13.7. The van der Waals surface area contributed by atoms with Crippen molar-refractivity contribution in [2.24, 2.45) is 0 Å². The van der Waals surface area contributed by atoms with Gasteiger partial charge >= 0.3 is 6.18 Å². The second-order valence-electron chi connectivity index (χ2n) is 7.13. The lowest BCUT2D eigenvalue weighted by atomic mass is 10.1. The molecule has 1 heterocycles. The van der Waals surface area contributed by atoms with Crippen LogP contribution in [0.5, 0.6) is 0 Å². The van der Waals surface area contributed by atoms with Crippen molar-refractivity contribution in [2.45, 2.75) is 6.18 Å². The molecule has 2 amide bonds. The summed E-state index contributed by atoms with van der Waals surface area (Å²) in [7, 11) is 0. The van der Waals surface area contributed by atoms with Crippen LogP contribution in [-0.4, -0.2) is 54.4 Å². The van der Waals surface area contributed by atoms with Crippen molar-refractivity contribution < 1.29 is 36.5 Å². The molecule has 2 aromatic rings. The third kappa shape index (κ3) is 5.54. The monoisotopic (exact) mass is 472 g/mol. The molecule has 0 radical (unpaired) electrons. The molecule has 1 aliphatic rings. The summed E-state index contributed by atoms with van der Waals surface area (Å²) in [6.07, 6.45) is -4.73. The number of piperazine rings is 1. The highest BCUT2D eigenvalue weighted by Gasteiger charge is 2.34. The number of amides is 2. The molecule has 0 aliphatic carbocycles. The highest BCUT2D eigenvalue weighted by Crippen LogP contribution is 2.36. The number of nitrogens with one attached hydrogen (secondary N) is 1. The zero-order valence-electron chi connectivity index (χ0n) is 16.9. The van der Waals surface area contributed by atoms with Crippen LogP contribution in [0.25, 0.3) is 0 Å². The van der Waals surface area contributed by atoms with Gasteiger partial charge in [0.1, 0.15) is 17.3 Å². The van der Waals surface area contributed by atoms with Crippen LogP contribution >= 0.6 is 0 Å². The third-order valence-corrected chi connectivity index (χ3v) is 5.05. The second kappa shape index (κ2) is 9.38. The van der Waals surface area contributed by atoms with E-state index in [1.807, 2.05) is 0 Å². The number of anilines is 1. The van der Waals surface area contributed by atoms with Gasteiger partial charge in [0.15, 0.2) is 0 Å². The predicted octanol–water partition coefficient (Wildman–Crippen LogP) is 2.97. The van der Waals surface area contributed by atoms with Crippen molar-refractivity contribution in [2.75, 3.05) is 37.6 Å². The fraction of sp³-hybridized carbons (Fsp3) is 0.300. The number of nitro groups is 1. The van der Waals surface area contributed by atoms with E-state index < -0.39 is 57.9 Å². The van der Waals surface area contributed by atoms with Gasteiger partial charge in [-0.3, -0.25) is 19.7 Å². The van der Waals surface area contributed by atoms with Gasteiger partial charge < -0.3 is 15.1 Å². The number of hydrogen-bond acceptors (Lipinski definition) is 5. The highest BCUT2D eigenvalue weighted by molar-refractivity contribution is 5.96. The molecule has 8 nitrogen and oxygen atoms in total. The molecule has 2 aromatic carbocycles. The summed E-state index contributed by atoms with van der Waals surface area (Å²) in [5.41, 5.74) is -2.26. The largest absolute Gasteiger partial charge is 0.416 e. The van der Waals surface area contributed by atoms with Gasteiger partial charge in [0.25, 0.3) is 11.6 Å². The predicted molar refractivity (Wildman–Crippen MR) is 106 cm³/mol. The van der Waals surface area contributed by atoms with Crippen LogP contribution in [0.4, 0.5) is 33.3 Å². The molecular formula is C20H17F5N4O4. The summed E-state index contributed by atoms with van der Waals surface area (Å²) in [5, 5.41) is 13.5. The maximum Gasteiger partial charge on any atom is 0.416 e. The molecule has 13 heteroatoms. The molecule has 3 rings (SSSR count). The smallest absolute Gasteiger partial charge is 0.362 e. The summed E-state index contributed by atoms with van der Waals surface area (Å²) in [4.78, 5) is 37.6. The number of rotatable bonds is 5. The number of carbonyl (C=O) groups is 2. The SMILES string of the molecule is O=C(NCC(=O)N1CCN(c2ccc(C(F)(F)F)cc2[N+](=O)[O-])CC1)c1ccc(F)cc1F. The first kappa shape index (κ1) is 23.9. The lowest BCUT2D eigenvalue weighted by Gasteiger charge is -2.36. The molecule has 0 aromatic heterocycles. The van der Waals surface area contributed by atoms with E-state index in [4.69, 9.17) is 0 Å². The van der Waals surface area contributed by atoms with Crippen LogP contribution in [0.3, 0.4) is 0 Å². The van der Waals surface area contributed by atoms with Crippen LogP contribution in [0.15, 0.2) is 36.4 Å². The molecule has 0 unspecified atom stereocenters. The van der Waals surface area contributed by atoms with Gasteiger partial charge in [0, 0.05) is 38.3 Å². The van der Waals surface area contributed by atoms with Crippen LogP contribution in [-0.2, 0) is 11.0 Å².